The van der Waals surface area contributed by atoms with E-state index < -0.39 is 5.79 Å². The van der Waals surface area contributed by atoms with Crippen molar-refractivity contribution in [2.75, 3.05) is 14.2 Å². The summed E-state index contributed by atoms with van der Waals surface area (Å²) in [5.41, 5.74) is 8.10. The van der Waals surface area contributed by atoms with Crippen LogP contribution in [-0.4, -0.2) is 29.1 Å². The normalized spacial score (nSPS) is 17.3. The van der Waals surface area contributed by atoms with Gasteiger partial charge in [0, 0.05) is 40.3 Å². The Morgan fingerprint density at radius 2 is 1.71 bits per heavy atom. The lowest BCUT2D eigenvalue weighted by atomic mass is 9.87. The van der Waals surface area contributed by atoms with Gasteiger partial charge in [0.1, 0.15) is 5.49 Å². The van der Waals surface area contributed by atoms with Gasteiger partial charge in [0.15, 0.2) is 5.79 Å². The molecule has 0 radical (unpaired) electrons. The highest BCUT2D eigenvalue weighted by molar-refractivity contribution is 5.85. The lowest BCUT2D eigenvalue weighted by Gasteiger charge is -2.35. The Morgan fingerprint density at radius 3 is 2.32 bits per heavy atom. The largest absolute Gasteiger partial charge is 0.349 e. The molecule has 2 heterocycles. The summed E-state index contributed by atoms with van der Waals surface area (Å²) < 4.78 is 14.8. The van der Waals surface area contributed by atoms with E-state index in [0.717, 1.165) is 34.5 Å². The Kier molecular flexibility index (Phi) is 6.46. The van der Waals surface area contributed by atoms with Crippen LogP contribution in [0.15, 0.2) is 45.7 Å². The molecule has 1 aliphatic heterocycles. The molecule has 31 heavy (non-hydrogen) atoms. The zero-order chi connectivity index (χ0) is 21.6. The molecule has 0 atom stereocenters. The van der Waals surface area contributed by atoms with Gasteiger partial charge < -0.3 is 9.47 Å². The van der Waals surface area contributed by atoms with Crippen molar-refractivity contribution in [3.63, 3.8) is 0 Å². The number of halogens is 1. The molecule has 0 bridgehead atoms. The topological polar surface area (TPSA) is 57.8 Å². The predicted octanol–water partition coefficient (Wildman–Crippen LogP) is 3.87. The summed E-state index contributed by atoms with van der Waals surface area (Å²) in [5, 5.41) is 0. The smallest absolute Gasteiger partial charge is 0.329 e. The molecule has 0 N–H and O–H groups in total. The number of allylic oxidation sites excluding steroid dienone is 2. The van der Waals surface area contributed by atoms with Gasteiger partial charge in [0.05, 0.1) is 11.4 Å². The van der Waals surface area contributed by atoms with Crippen molar-refractivity contribution in [1.29, 1.82) is 0 Å². The third-order valence-corrected chi connectivity index (χ3v) is 6.23. The van der Waals surface area contributed by atoms with Crippen molar-refractivity contribution in [1.82, 2.24) is 9.13 Å². The Labute approximate surface area is 189 Å². The summed E-state index contributed by atoms with van der Waals surface area (Å²) in [6, 6.07) is 6.26. The van der Waals surface area contributed by atoms with Crippen molar-refractivity contribution in [3.8, 4) is 0 Å². The average Bonchev–Trinajstić information content (AvgIpc) is 2.73. The summed E-state index contributed by atoms with van der Waals surface area (Å²) in [5.74, 6) is -0.809. The van der Waals surface area contributed by atoms with Crippen LogP contribution in [0.4, 0.5) is 5.69 Å². The maximum Gasteiger partial charge on any atom is 0.329 e. The van der Waals surface area contributed by atoms with Crippen LogP contribution >= 0.6 is 12.4 Å². The van der Waals surface area contributed by atoms with E-state index in [1.807, 2.05) is 16.7 Å². The SMILES string of the molecule is COC1(OC)C=CC2=C(C1)c1cc(=Nc3c(C)cc(C)cc3C)n(C)c(=O)n1CC2.Cl. The maximum absolute atomic E-state index is 13.2. The summed E-state index contributed by atoms with van der Waals surface area (Å²) in [7, 11) is 5.07. The summed E-state index contributed by atoms with van der Waals surface area (Å²) in [6.07, 6.45) is 5.40. The van der Waals surface area contributed by atoms with Crippen molar-refractivity contribution < 1.29 is 9.47 Å². The van der Waals surface area contributed by atoms with E-state index in [1.54, 1.807) is 25.8 Å². The number of benzene rings is 1. The second kappa shape index (κ2) is 8.61. The number of rotatable bonds is 3. The molecule has 0 spiro atoms. The number of hydrogen-bond donors (Lipinski definition) is 0. The van der Waals surface area contributed by atoms with Gasteiger partial charge in [-0.05, 0) is 55.5 Å². The van der Waals surface area contributed by atoms with Crippen LogP contribution in [0.1, 0.15) is 35.2 Å². The number of fused-ring (bicyclic) bond motifs is 2. The van der Waals surface area contributed by atoms with Crippen LogP contribution in [-0.2, 0) is 23.1 Å². The predicted molar refractivity (Wildman–Crippen MR) is 125 cm³/mol. The fourth-order valence-corrected chi connectivity index (χ4v) is 4.55. The Hall–Kier alpha value is -2.41. The zero-order valence-electron chi connectivity index (χ0n) is 19.0. The minimum absolute atomic E-state index is 0. The standard InChI is InChI=1S/C24H29N3O3.ClH/c1-15-11-16(2)22(17(3)12-15)25-21-13-20-19-14-24(29-5,30-6)9-7-18(19)8-10-27(20)23(28)26(21)4;/h7,9,11-13H,8,10,14H2,1-6H3;1H. The summed E-state index contributed by atoms with van der Waals surface area (Å²) in [6.45, 7) is 6.85. The number of aromatic nitrogens is 2. The van der Waals surface area contributed by atoms with Gasteiger partial charge in [-0.3, -0.25) is 9.13 Å². The van der Waals surface area contributed by atoms with Gasteiger partial charge >= 0.3 is 5.69 Å². The van der Waals surface area contributed by atoms with Gasteiger partial charge in [-0.1, -0.05) is 23.8 Å². The lowest BCUT2D eigenvalue weighted by molar-refractivity contribution is -0.166. The average molecular weight is 444 g/mol. The molecule has 1 aromatic carbocycles. The number of methoxy groups -OCH3 is 2. The Bertz CT molecular complexity index is 1190. The summed E-state index contributed by atoms with van der Waals surface area (Å²) in [4.78, 5) is 18.1. The van der Waals surface area contributed by atoms with Gasteiger partial charge in [-0.2, -0.15) is 0 Å². The lowest BCUT2D eigenvalue weighted by Crippen LogP contribution is -2.42. The Morgan fingerprint density at radius 1 is 1.06 bits per heavy atom. The van der Waals surface area contributed by atoms with E-state index in [4.69, 9.17) is 14.5 Å². The fraction of sp³-hybridized carbons (Fsp3) is 0.417. The number of hydrogen-bond acceptors (Lipinski definition) is 4. The van der Waals surface area contributed by atoms with E-state index in [0.29, 0.717) is 18.5 Å². The Balaban J connectivity index is 0.00000272. The molecule has 6 nitrogen and oxygen atoms in total. The van der Waals surface area contributed by atoms with E-state index in [1.165, 1.54) is 11.1 Å². The molecule has 0 fully saturated rings. The van der Waals surface area contributed by atoms with Gasteiger partial charge in [0.25, 0.3) is 0 Å². The highest BCUT2D eigenvalue weighted by Gasteiger charge is 2.35. The van der Waals surface area contributed by atoms with Gasteiger partial charge in [0.2, 0.25) is 0 Å². The molecule has 1 aliphatic carbocycles. The molecule has 2 aromatic rings. The quantitative estimate of drug-likeness (QED) is 0.676. The molecule has 0 saturated heterocycles. The van der Waals surface area contributed by atoms with E-state index in [9.17, 15) is 4.79 Å². The van der Waals surface area contributed by atoms with Crippen LogP contribution in [0, 0.1) is 20.8 Å². The first kappa shape index (κ1) is 23.3. The first-order valence-corrected chi connectivity index (χ1v) is 10.2. The monoisotopic (exact) mass is 443 g/mol. The first-order valence-electron chi connectivity index (χ1n) is 10.2. The third kappa shape index (κ3) is 3.95. The highest BCUT2D eigenvalue weighted by Crippen LogP contribution is 2.39. The van der Waals surface area contributed by atoms with Crippen molar-refractivity contribution in [2.45, 2.75) is 45.9 Å². The molecular formula is C24H30ClN3O3. The minimum Gasteiger partial charge on any atom is -0.349 e. The van der Waals surface area contributed by atoms with Gasteiger partial charge in [-0.25, -0.2) is 9.79 Å². The molecule has 7 heteroatoms. The van der Waals surface area contributed by atoms with Crippen molar-refractivity contribution in [3.05, 3.63) is 74.3 Å². The molecule has 0 amide bonds. The summed E-state index contributed by atoms with van der Waals surface area (Å²) >= 11 is 0. The van der Waals surface area contributed by atoms with Crippen LogP contribution < -0.4 is 11.2 Å². The van der Waals surface area contributed by atoms with Crippen LogP contribution in [0.25, 0.3) is 5.57 Å². The fourth-order valence-electron chi connectivity index (χ4n) is 4.55. The first-order chi connectivity index (χ1) is 14.3. The van der Waals surface area contributed by atoms with Gasteiger partial charge in [-0.15, -0.1) is 12.4 Å². The molecule has 2 aliphatic rings. The molecule has 0 saturated carbocycles. The van der Waals surface area contributed by atoms with Crippen LogP contribution in [0.5, 0.6) is 0 Å². The van der Waals surface area contributed by atoms with Crippen molar-refractivity contribution in [2.24, 2.45) is 12.0 Å². The minimum atomic E-state index is -0.809. The van der Waals surface area contributed by atoms with Crippen LogP contribution in [0.3, 0.4) is 0 Å². The van der Waals surface area contributed by atoms with Crippen molar-refractivity contribution >= 4 is 23.7 Å². The molecule has 4 rings (SSSR count). The van der Waals surface area contributed by atoms with E-state index >= 15 is 0 Å². The molecule has 166 valence electrons. The van der Waals surface area contributed by atoms with E-state index in [-0.39, 0.29) is 18.1 Å². The number of ether oxygens (including phenoxy) is 2. The molecular weight excluding hydrogens is 414 g/mol. The zero-order valence-corrected chi connectivity index (χ0v) is 19.8. The van der Waals surface area contributed by atoms with E-state index in [2.05, 4.69) is 39.0 Å². The second-order valence-electron chi connectivity index (χ2n) is 8.22. The second-order valence-corrected chi connectivity index (χ2v) is 8.22. The third-order valence-electron chi connectivity index (χ3n) is 6.23. The van der Waals surface area contributed by atoms with Crippen LogP contribution in [0.2, 0.25) is 0 Å². The number of nitrogens with zero attached hydrogens (tertiary/aromatic N) is 3. The highest BCUT2D eigenvalue weighted by atomic mass is 35.5. The molecule has 1 aromatic heterocycles. The maximum atomic E-state index is 13.2. The molecule has 0 unspecified atom stereocenters. The number of aryl methyl sites for hydroxylation is 3.